The molecular weight excluding hydrogens is 220 g/mol. The summed E-state index contributed by atoms with van der Waals surface area (Å²) in [5.41, 5.74) is 7.26. The molecule has 1 amide bonds. The van der Waals surface area contributed by atoms with Gasteiger partial charge in [0, 0.05) is 11.6 Å². The van der Waals surface area contributed by atoms with E-state index in [1.807, 2.05) is 38.1 Å². The van der Waals surface area contributed by atoms with Crippen LogP contribution in [0.2, 0.25) is 0 Å². The van der Waals surface area contributed by atoms with Crippen LogP contribution < -0.4 is 11.1 Å². The van der Waals surface area contributed by atoms with Crippen LogP contribution in [0.4, 0.5) is 0 Å². The molecule has 0 bridgehead atoms. The Kier molecular flexibility index (Phi) is 4.43. The Morgan fingerprint density at radius 3 is 2.38 bits per heavy atom. The van der Waals surface area contributed by atoms with Gasteiger partial charge in [0.1, 0.15) is 4.99 Å². The van der Waals surface area contributed by atoms with Crippen molar-refractivity contribution in [2.24, 2.45) is 5.73 Å². The normalized spacial score (nSPS) is 10.2. The maximum Gasteiger partial charge on any atom is 0.224 e. The van der Waals surface area contributed by atoms with Crippen LogP contribution in [0.15, 0.2) is 24.3 Å². The van der Waals surface area contributed by atoms with Crippen molar-refractivity contribution in [1.29, 1.82) is 0 Å². The van der Waals surface area contributed by atoms with Gasteiger partial charge in [0.25, 0.3) is 0 Å². The van der Waals surface area contributed by atoms with Crippen molar-refractivity contribution in [1.82, 2.24) is 5.32 Å². The van der Waals surface area contributed by atoms with Crippen LogP contribution in [-0.4, -0.2) is 16.9 Å². The first-order chi connectivity index (χ1) is 7.49. The topological polar surface area (TPSA) is 55.1 Å². The van der Waals surface area contributed by atoms with Gasteiger partial charge in [-0.15, -0.1) is 0 Å². The number of rotatable bonds is 4. The molecule has 0 aromatic heterocycles. The SMILES string of the molecule is CC(C)NC(=O)Cc1ccc(C(N)=S)cc1. The molecule has 0 saturated carbocycles. The van der Waals surface area contributed by atoms with E-state index in [0.717, 1.165) is 11.1 Å². The monoisotopic (exact) mass is 236 g/mol. The highest BCUT2D eigenvalue weighted by Gasteiger charge is 2.05. The molecule has 1 aromatic carbocycles. The van der Waals surface area contributed by atoms with Crippen LogP contribution >= 0.6 is 12.2 Å². The summed E-state index contributed by atoms with van der Waals surface area (Å²) in [6.45, 7) is 3.88. The van der Waals surface area contributed by atoms with Crippen molar-refractivity contribution in [3.8, 4) is 0 Å². The lowest BCUT2D eigenvalue weighted by Crippen LogP contribution is -2.31. The van der Waals surface area contributed by atoms with Crippen LogP contribution in [0, 0.1) is 0 Å². The third kappa shape index (κ3) is 3.98. The predicted octanol–water partition coefficient (Wildman–Crippen LogP) is 1.39. The zero-order valence-electron chi connectivity index (χ0n) is 9.49. The summed E-state index contributed by atoms with van der Waals surface area (Å²) in [6, 6.07) is 7.58. The molecule has 0 atom stereocenters. The largest absolute Gasteiger partial charge is 0.389 e. The molecular formula is C12H16N2OS. The van der Waals surface area contributed by atoms with Crippen LogP contribution in [-0.2, 0) is 11.2 Å². The van der Waals surface area contributed by atoms with Gasteiger partial charge in [0.15, 0.2) is 0 Å². The summed E-state index contributed by atoms with van der Waals surface area (Å²) in [5, 5.41) is 2.84. The number of carbonyl (C=O) groups excluding carboxylic acids is 1. The Hall–Kier alpha value is -1.42. The van der Waals surface area contributed by atoms with Gasteiger partial charge in [-0.3, -0.25) is 4.79 Å². The summed E-state index contributed by atoms with van der Waals surface area (Å²) in [7, 11) is 0. The lowest BCUT2D eigenvalue weighted by Gasteiger charge is -2.08. The molecule has 0 aliphatic rings. The summed E-state index contributed by atoms with van der Waals surface area (Å²) in [4.78, 5) is 11.9. The fourth-order valence-corrected chi connectivity index (χ4v) is 1.48. The quantitative estimate of drug-likeness (QED) is 0.777. The number of nitrogens with one attached hydrogen (secondary N) is 1. The van der Waals surface area contributed by atoms with Gasteiger partial charge < -0.3 is 11.1 Å². The highest BCUT2D eigenvalue weighted by atomic mass is 32.1. The smallest absolute Gasteiger partial charge is 0.224 e. The van der Waals surface area contributed by atoms with E-state index in [1.54, 1.807) is 0 Å². The molecule has 1 aromatic rings. The van der Waals surface area contributed by atoms with E-state index in [0.29, 0.717) is 11.4 Å². The Bertz CT molecular complexity index is 385. The Labute approximate surface area is 101 Å². The first-order valence-electron chi connectivity index (χ1n) is 5.17. The highest BCUT2D eigenvalue weighted by Crippen LogP contribution is 2.05. The minimum atomic E-state index is 0.0260. The fourth-order valence-electron chi connectivity index (χ4n) is 1.35. The van der Waals surface area contributed by atoms with Gasteiger partial charge in [-0.25, -0.2) is 0 Å². The van der Waals surface area contributed by atoms with Gasteiger partial charge in [-0.1, -0.05) is 36.5 Å². The molecule has 16 heavy (non-hydrogen) atoms. The van der Waals surface area contributed by atoms with E-state index in [4.69, 9.17) is 18.0 Å². The number of benzene rings is 1. The predicted molar refractivity (Wildman–Crippen MR) is 69.3 cm³/mol. The Balaban J connectivity index is 2.62. The van der Waals surface area contributed by atoms with Gasteiger partial charge in [0.05, 0.1) is 6.42 Å². The second-order valence-electron chi connectivity index (χ2n) is 3.96. The third-order valence-corrected chi connectivity index (χ3v) is 2.29. The van der Waals surface area contributed by atoms with Crippen molar-refractivity contribution in [3.05, 3.63) is 35.4 Å². The second-order valence-corrected chi connectivity index (χ2v) is 4.40. The Morgan fingerprint density at radius 1 is 1.38 bits per heavy atom. The van der Waals surface area contributed by atoms with Gasteiger partial charge in [0.2, 0.25) is 5.91 Å². The molecule has 3 nitrogen and oxygen atoms in total. The first-order valence-corrected chi connectivity index (χ1v) is 5.58. The van der Waals surface area contributed by atoms with E-state index < -0.39 is 0 Å². The summed E-state index contributed by atoms with van der Waals surface area (Å²) in [6.07, 6.45) is 0.385. The fraction of sp³-hybridized carbons (Fsp3) is 0.333. The molecule has 0 aliphatic heterocycles. The number of amides is 1. The zero-order chi connectivity index (χ0) is 12.1. The van der Waals surface area contributed by atoms with E-state index in [1.165, 1.54) is 0 Å². The molecule has 0 spiro atoms. The molecule has 86 valence electrons. The van der Waals surface area contributed by atoms with E-state index >= 15 is 0 Å². The summed E-state index contributed by atoms with van der Waals surface area (Å²) >= 11 is 4.85. The number of hydrogen-bond acceptors (Lipinski definition) is 2. The Morgan fingerprint density at radius 2 is 1.94 bits per heavy atom. The molecule has 1 rings (SSSR count). The van der Waals surface area contributed by atoms with Crippen molar-refractivity contribution >= 4 is 23.1 Å². The van der Waals surface area contributed by atoms with Crippen molar-refractivity contribution in [2.45, 2.75) is 26.3 Å². The molecule has 0 unspecified atom stereocenters. The van der Waals surface area contributed by atoms with E-state index in [-0.39, 0.29) is 11.9 Å². The zero-order valence-corrected chi connectivity index (χ0v) is 10.3. The van der Waals surface area contributed by atoms with E-state index in [9.17, 15) is 4.79 Å². The minimum Gasteiger partial charge on any atom is -0.389 e. The minimum absolute atomic E-state index is 0.0260. The molecule has 0 fully saturated rings. The lowest BCUT2D eigenvalue weighted by atomic mass is 10.1. The number of carbonyl (C=O) groups is 1. The number of thiocarbonyl (C=S) groups is 1. The van der Waals surface area contributed by atoms with Crippen LogP contribution in [0.5, 0.6) is 0 Å². The maximum atomic E-state index is 11.5. The molecule has 0 radical (unpaired) electrons. The molecule has 0 aliphatic carbocycles. The molecule has 0 saturated heterocycles. The third-order valence-electron chi connectivity index (χ3n) is 2.05. The standard InChI is InChI=1S/C12H16N2OS/c1-8(2)14-11(15)7-9-3-5-10(6-4-9)12(13)16/h3-6,8H,7H2,1-2H3,(H2,13,16)(H,14,15). The van der Waals surface area contributed by atoms with Crippen molar-refractivity contribution < 1.29 is 4.79 Å². The van der Waals surface area contributed by atoms with Crippen LogP contribution in [0.1, 0.15) is 25.0 Å². The van der Waals surface area contributed by atoms with E-state index in [2.05, 4.69) is 5.32 Å². The highest BCUT2D eigenvalue weighted by molar-refractivity contribution is 7.80. The molecule has 3 N–H and O–H groups in total. The van der Waals surface area contributed by atoms with Crippen molar-refractivity contribution in [2.75, 3.05) is 0 Å². The average molecular weight is 236 g/mol. The number of hydrogen-bond donors (Lipinski definition) is 2. The summed E-state index contributed by atoms with van der Waals surface area (Å²) < 4.78 is 0. The van der Waals surface area contributed by atoms with Gasteiger partial charge in [-0.05, 0) is 19.4 Å². The van der Waals surface area contributed by atoms with Gasteiger partial charge >= 0.3 is 0 Å². The van der Waals surface area contributed by atoms with Gasteiger partial charge in [-0.2, -0.15) is 0 Å². The van der Waals surface area contributed by atoms with Crippen molar-refractivity contribution in [3.63, 3.8) is 0 Å². The summed E-state index contributed by atoms with van der Waals surface area (Å²) in [5.74, 6) is 0.0260. The average Bonchev–Trinajstić information content (AvgIpc) is 2.16. The van der Waals surface area contributed by atoms with Crippen LogP contribution in [0.25, 0.3) is 0 Å². The maximum absolute atomic E-state index is 11.5. The number of nitrogens with two attached hydrogens (primary N) is 1. The molecule has 0 heterocycles. The second kappa shape index (κ2) is 5.61. The molecule has 4 heteroatoms. The first kappa shape index (κ1) is 12.6. The van der Waals surface area contributed by atoms with Crippen LogP contribution in [0.3, 0.4) is 0 Å². The lowest BCUT2D eigenvalue weighted by molar-refractivity contribution is -0.120.